The predicted octanol–water partition coefficient (Wildman–Crippen LogP) is 6.68. The Balaban J connectivity index is 1.39. The first kappa shape index (κ1) is 24.8. The molecular formula is C34H29N5O2. The maximum Gasteiger partial charge on any atom is 0.337 e. The van der Waals surface area contributed by atoms with Gasteiger partial charge in [-0.2, -0.15) is 5.10 Å². The molecule has 41 heavy (non-hydrogen) atoms. The maximum absolute atomic E-state index is 12.7. The Morgan fingerprint density at radius 2 is 1.80 bits per heavy atom. The number of hydrogen-bond donors (Lipinski definition) is 1. The van der Waals surface area contributed by atoms with E-state index in [1.807, 2.05) is 78.7 Å². The SMILES string of the molecule is Cc1cccc2c1c(Cc1c(-c3ccc4ccccc4c3C(=O)O)nc3ccccn13)cn2CCc1cnn(C)c1. The van der Waals surface area contributed by atoms with Gasteiger partial charge in [-0.25, -0.2) is 9.78 Å². The number of hydrogen-bond acceptors (Lipinski definition) is 3. The van der Waals surface area contributed by atoms with Gasteiger partial charge in [0.15, 0.2) is 0 Å². The fourth-order valence-corrected chi connectivity index (χ4v) is 6.11. The number of imidazole rings is 1. The van der Waals surface area contributed by atoms with Gasteiger partial charge in [0.2, 0.25) is 0 Å². The van der Waals surface area contributed by atoms with Crippen molar-refractivity contribution in [3.05, 3.63) is 126 Å². The third-order valence-electron chi connectivity index (χ3n) is 7.98. The number of fused-ring (bicyclic) bond motifs is 3. The molecule has 0 spiro atoms. The van der Waals surface area contributed by atoms with Gasteiger partial charge in [0.25, 0.3) is 0 Å². The summed E-state index contributed by atoms with van der Waals surface area (Å²) in [5, 5.41) is 17.5. The molecule has 0 aliphatic rings. The summed E-state index contributed by atoms with van der Waals surface area (Å²) in [6.07, 6.45) is 9.73. The largest absolute Gasteiger partial charge is 0.478 e. The molecule has 7 aromatic rings. The molecule has 202 valence electrons. The second-order valence-electron chi connectivity index (χ2n) is 10.6. The molecule has 4 heterocycles. The molecule has 0 aliphatic carbocycles. The minimum atomic E-state index is -0.956. The first-order valence-corrected chi connectivity index (χ1v) is 13.7. The zero-order valence-corrected chi connectivity index (χ0v) is 23.0. The highest BCUT2D eigenvalue weighted by atomic mass is 16.4. The number of rotatable bonds is 7. The van der Waals surface area contributed by atoms with Gasteiger partial charge in [-0.3, -0.25) is 4.68 Å². The molecule has 3 aromatic carbocycles. The molecule has 0 bridgehead atoms. The molecule has 0 amide bonds. The van der Waals surface area contributed by atoms with Crippen molar-refractivity contribution in [2.45, 2.75) is 26.3 Å². The molecule has 7 rings (SSSR count). The zero-order chi connectivity index (χ0) is 28.1. The lowest BCUT2D eigenvalue weighted by Crippen LogP contribution is -2.03. The normalized spacial score (nSPS) is 11.7. The minimum Gasteiger partial charge on any atom is -0.478 e. The van der Waals surface area contributed by atoms with Crippen LogP contribution in [0.15, 0.2) is 97.6 Å². The molecule has 1 N–H and O–H groups in total. The molecule has 0 aliphatic heterocycles. The Labute approximate surface area is 236 Å². The van der Waals surface area contributed by atoms with E-state index in [-0.39, 0.29) is 5.56 Å². The fourth-order valence-electron chi connectivity index (χ4n) is 6.11. The molecule has 0 unspecified atom stereocenters. The van der Waals surface area contributed by atoms with Crippen molar-refractivity contribution < 1.29 is 9.90 Å². The van der Waals surface area contributed by atoms with Gasteiger partial charge in [-0.15, -0.1) is 0 Å². The molecule has 7 nitrogen and oxygen atoms in total. The molecule has 0 atom stereocenters. The molecule has 0 radical (unpaired) electrons. The first-order valence-electron chi connectivity index (χ1n) is 13.7. The topological polar surface area (TPSA) is 77.3 Å². The number of aryl methyl sites for hydroxylation is 4. The standard InChI is InChI=1S/C34H29N5O2/c1-22-8-7-11-28-31(22)25(21-38(28)17-15-23-19-35-37(2)20-23)18-29-33(36-30-12-5-6-16-39(29)30)27-14-13-24-9-3-4-10-26(24)32(27)34(40)41/h3-14,16,19-21H,15,17-18H2,1-2H3,(H,40,41). The Morgan fingerprint density at radius 3 is 2.63 bits per heavy atom. The summed E-state index contributed by atoms with van der Waals surface area (Å²) in [7, 11) is 1.94. The lowest BCUT2D eigenvalue weighted by molar-refractivity contribution is 0.0700. The summed E-state index contributed by atoms with van der Waals surface area (Å²) < 4.78 is 6.25. The molecule has 0 saturated carbocycles. The fraction of sp³-hybridized carbons (Fsp3) is 0.147. The van der Waals surface area contributed by atoms with Crippen LogP contribution in [0.4, 0.5) is 0 Å². The quantitative estimate of drug-likeness (QED) is 0.245. The van der Waals surface area contributed by atoms with Crippen molar-refractivity contribution in [2.75, 3.05) is 0 Å². The van der Waals surface area contributed by atoms with Crippen LogP contribution in [-0.2, 0) is 26.4 Å². The monoisotopic (exact) mass is 539 g/mol. The van der Waals surface area contributed by atoms with Crippen LogP contribution in [0, 0.1) is 6.92 Å². The predicted molar refractivity (Wildman–Crippen MR) is 161 cm³/mol. The zero-order valence-electron chi connectivity index (χ0n) is 23.0. The molecule has 0 fully saturated rings. The highest BCUT2D eigenvalue weighted by Gasteiger charge is 2.23. The van der Waals surface area contributed by atoms with Crippen LogP contribution in [0.2, 0.25) is 0 Å². The van der Waals surface area contributed by atoms with E-state index in [1.54, 1.807) is 0 Å². The van der Waals surface area contributed by atoms with Crippen molar-refractivity contribution in [3.63, 3.8) is 0 Å². The Hall–Kier alpha value is -5.17. The van der Waals surface area contributed by atoms with Crippen LogP contribution >= 0.6 is 0 Å². The van der Waals surface area contributed by atoms with E-state index in [1.165, 1.54) is 27.6 Å². The van der Waals surface area contributed by atoms with Crippen LogP contribution in [0.5, 0.6) is 0 Å². The number of aromatic nitrogens is 5. The van der Waals surface area contributed by atoms with Gasteiger partial charge in [0.05, 0.1) is 23.1 Å². The van der Waals surface area contributed by atoms with E-state index >= 15 is 0 Å². The smallest absolute Gasteiger partial charge is 0.337 e. The minimum absolute atomic E-state index is 0.280. The number of aromatic carboxylic acids is 1. The van der Waals surface area contributed by atoms with Gasteiger partial charge in [-0.05, 0) is 59.0 Å². The second-order valence-corrected chi connectivity index (χ2v) is 10.6. The molecule has 4 aromatic heterocycles. The number of benzene rings is 3. The summed E-state index contributed by atoms with van der Waals surface area (Å²) in [4.78, 5) is 17.7. The van der Waals surface area contributed by atoms with E-state index in [0.717, 1.165) is 29.7 Å². The third-order valence-corrected chi connectivity index (χ3v) is 7.98. The second kappa shape index (κ2) is 9.78. The van der Waals surface area contributed by atoms with Crippen molar-refractivity contribution >= 4 is 33.3 Å². The van der Waals surface area contributed by atoms with Gasteiger partial charge in [0, 0.05) is 55.1 Å². The van der Waals surface area contributed by atoms with Gasteiger partial charge < -0.3 is 14.1 Å². The lowest BCUT2D eigenvalue weighted by Gasteiger charge is -2.11. The highest BCUT2D eigenvalue weighted by molar-refractivity contribution is 6.09. The van der Waals surface area contributed by atoms with E-state index in [0.29, 0.717) is 23.1 Å². The van der Waals surface area contributed by atoms with Gasteiger partial charge in [-0.1, -0.05) is 54.6 Å². The Morgan fingerprint density at radius 1 is 0.951 bits per heavy atom. The first-order chi connectivity index (χ1) is 20.0. The van der Waals surface area contributed by atoms with Crippen molar-refractivity contribution in [1.82, 2.24) is 23.7 Å². The van der Waals surface area contributed by atoms with Crippen LogP contribution in [0.3, 0.4) is 0 Å². The summed E-state index contributed by atoms with van der Waals surface area (Å²) in [6, 6.07) is 23.9. The van der Waals surface area contributed by atoms with Crippen LogP contribution in [0.1, 0.15) is 32.7 Å². The summed E-state index contributed by atoms with van der Waals surface area (Å²) in [5.74, 6) is -0.956. The van der Waals surface area contributed by atoms with Crippen LogP contribution in [0.25, 0.3) is 38.6 Å². The Kier molecular flexibility index (Phi) is 5.93. The average molecular weight is 540 g/mol. The van der Waals surface area contributed by atoms with E-state index in [9.17, 15) is 9.90 Å². The summed E-state index contributed by atoms with van der Waals surface area (Å²) in [6.45, 7) is 2.98. The number of carbonyl (C=O) groups is 1. The van der Waals surface area contributed by atoms with Crippen LogP contribution in [-0.4, -0.2) is 34.8 Å². The summed E-state index contributed by atoms with van der Waals surface area (Å²) in [5.41, 5.74) is 8.16. The lowest BCUT2D eigenvalue weighted by atomic mass is 9.94. The highest BCUT2D eigenvalue weighted by Crippen LogP contribution is 2.35. The van der Waals surface area contributed by atoms with Crippen molar-refractivity contribution in [3.8, 4) is 11.3 Å². The number of carboxylic acids is 1. The molecule has 0 saturated heterocycles. The van der Waals surface area contributed by atoms with Crippen LogP contribution < -0.4 is 0 Å². The number of pyridine rings is 1. The Bertz CT molecular complexity index is 2100. The van der Waals surface area contributed by atoms with Gasteiger partial charge >= 0.3 is 5.97 Å². The maximum atomic E-state index is 12.7. The van der Waals surface area contributed by atoms with Crippen molar-refractivity contribution in [1.29, 1.82) is 0 Å². The average Bonchev–Trinajstić information content (AvgIpc) is 3.67. The number of nitrogens with zero attached hydrogens (tertiary/aromatic N) is 5. The summed E-state index contributed by atoms with van der Waals surface area (Å²) >= 11 is 0. The third kappa shape index (κ3) is 4.26. The number of carboxylic acid groups (broad SMARTS) is 1. The van der Waals surface area contributed by atoms with Gasteiger partial charge in [0.1, 0.15) is 5.65 Å². The van der Waals surface area contributed by atoms with E-state index in [2.05, 4.69) is 51.6 Å². The molecule has 7 heteroatoms. The van der Waals surface area contributed by atoms with Crippen molar-refractivity contribution in [2.24, 2.45) is 7.05 Å². The van der Waals surface area contributed by atoms with E-state index < -0.39 is 5.97 Å². The van der Waals surface area contributed by atoms with E-state index in [4.69, 9.17) is 4.98 Å². The molecular weight excluding hydrogens is 510 g/mol.